The first-order valence-corrected chi connectivity index (χ1v) is 7.71. The monoisotopic (exact) mass is 405 g/mol. The molecule has 0 saturated carbocycles. The van der Waals surface area contributed by atoms with Crippen LogP contribution in [0.25, 0.3) is 0 Å². The number of aromatic nitrogens is 2. The van der Waals surface area contributed by atoms with Crippen molar-refractivity contribution in [2.24, 2.45) is 10.9 Å². The van der Waals surface area contributed by atoms with Gasteiger partial charge in [0.2, 0.25) is 0 Å². The van der Waals surface area contributed by atoms with Crippen LogP contribution in [0.15, 0.2) is 17.4 Å². The maximum Gasteiger partial charge on any atom is 0.193 e. The highest BCUT2D eigenvalue weighted by Crippen LogP contribution is 2.15. The van der Waals surface area contributed by atoms with E-state index in [4.69, 9.17) is 4.99 Å². The number of guanidine groups is 1. The molecular formula is C15H28IN5. The van der Waals surface area contributed by atoms with Gasteiger partial charge in [0.1, 0.15) is 5.82 Å². The van der Waals surface area contributed by atoms with Crippen molar-refractivity contribution in [3.05, 3.63) is 18.2 Å². The van der Waals surface area contributed by atoms with Crippen LogP contribution in [0, 0.1) is 12.8 Å². The van der Waals surface area contributed by atoms with Gasteiger partial charge in [-0.25, -0.2) is 4.98 Å². The number of hydrogen-bond donors (Lipinski definition) is 1. The normalized spacial score (nSPS) is 19.3. The zero-order valence-electron chi connectivity index (χ0n) is 13.4. The van der Waals surface area contributed by atoms with Gasteiger partial charge in [-0.3, -0.25) is 4.99 Å². The second kappa shape index (κ2) is 9.27. The number of aryl methyl sites for hydroxylation is 1. The van der Waals surface area contributed by atoms with E-state index >= 15 is 0 Å². The summed E-state index contributed by atoms with van der Waals surface area (Å²) in [7, 11) is 0. The van der Waals surface area contributed by atoms with Crippen LogP contribution in [0.2, 0.25) is 0 Å². The molecule has 1 N–H and O–H groups in total. The van der Waals surface area contributed by atoms with Crippen LogP contribution < -0.4 is 5.32 Å². The summed E-state index contributed by atoms with van der Waals surface area (Å²) < 4.78 is 2.14. The van der Waals surface area contributed by atoms with Gasteiger partial charge in [0, 0.05) is 38.6 Å². The fourth-order valence-corrected chi connectivity index (χ4v) is 2.71. The third-order valence-electron chi connectivity index (χ3n) is 3.82. The van der Waals surface area contributed by atoms with E-state index in [9.17, 15) is 0 Å². The Balaban J connectivity index is 0.00000220. The molecule has 2 heterocycles. The van der Waals surface area contributed by atoms with Crippen molar-refractivity contribution < 1.29 is 0 Å². The predicted molar refractivity (Wildman–Crippen MR) is 98.3 cm³/mol. The largest absolute Gasteiger partial charge is 0.357 e. The van der Waals surface area contributed by atoms with Crippen molar-refractivity contribution in [1.29, 1.82) is 0 Å². The molecule has 21 heavy (non-hydrogen) atoms. The molecule has 0 bridgehead atoms. The summed E-state index contributed by atoms with van der Waals surface area (Å²) in [5, 5.41) is 3.42. The topological polar surface area (TPSA) is 45.5 Å². The van der Waals surface area contributed by atoms with Crippen molar-refractivity contribution in [3.8, 4) is 0 Å². The maximum atomic E-state index is 4.77. The Hall–Kier alpha value is -0.790. The summed E-state index contributed by atoms with van der Waals surface area (Å²) in [6, 6.07) is 0. The predicted octanol–water partition coefficient (Wildman–Crippen LogP) is 2.51. The van der Waals surface area contributed by atoms with Gasteiger partial charge >= 0.3 is 0 Å². The summed E-state index contributed by atoms with van der Waals surface area (Å²) in [4.78, 5) is 11.4. The molecule has 0 radical (unpaired) electrons. The third-order valence-corrected chi connectivity index (χ3v) is 3.82. The van der Waals surface area contributed by atoms with Crippen LogP contribution in [0.4, 0.5) is 0 Å². The lowest BCUT2D eigenvalue weighted by atomic mass is 10.0. The molecule has 6 heteroatoms. The van der Waals surface area contributed by atoms with Crippen molar-refractivity contribution in [3.63, 3.8) is 0 Å². The lowest BCUT2D eigenvalue weighted by Gasteiger charge is -2.33. The Bertz CT molecular complexity index is 443. The molecule has 1 aliphatic heterocycles. The van der Waals surface area contributed by atoms with Gasteiger partial charge in [-0.2, -0.15) is 0 Å². The zero-order chi connectivity index (χ0) is 14.4. The summed E-state index contributed by atoms with van der Waals surface area (Å²) >= 11 is 0. The zero-order valence-corrected chi connectivity index (χ0v) is 15.7. The molecule has 120 valence electrons. The van der Waals surface area contributed by atoms with Gasteiger partial charge in [-0.05, 0) is 32.6 Å². The van der Waals surface area contributed by atoms with Gasteiger partial charge in [-0.15, -0.1) is 24.0 Å². The number of halogens is 1. The minimum Gasteiger partial charge on any atom is -0.357 e. The molecule has 1 atom stereocenters. The third kappa shape index (κ3) is 5.48. The second-order valence-electron chi connectivity index (χ2n) is 5.60. The van der Waals surface area contributed by atoms with Crippen molar-refractivity contribution in [2.45, 2.75) is 40.2 Å². The second-order valence-corrected chi connectivity index (χ2v) is 5.60. The van der Waals surface area contributed by atoms with E-state index < -0.39 is 0 Å². The number of hydrogen-bond acceptors (Lipinski definition) is 2. The Labute approximate surface area is 145 Å². The van der Waals surface area contributed by atoms with Crippen LogP contribution in [0.1, 0.15) is 32.5 Å². The number of rotatable bonds is 4. The van der Waals surface area contributed by atoms with Gasteiger partial charge in [0.25, 0.3) is 0 Å². The first-order valence-electron chi connectivity index (χ1n) is 7.71. The number of aliphatic imine (C=N–C) groups is 1. The molecule has 1 fully saturated rings. The molecular weight excluding hydrogens is 377 g/mol. The first-order chi connectivity index (χ1) is 9.70. The highest BCUT2D eigenvalue weighted by atomic mass is 127. The van der Waals surface area contributed by atoms with Crippen LogP contribution in [-0.2, 0) is 6.54 Å². The maximum absolute atomic E-state index is 4.77. The smallest absolute Gasteiger partial charge is 0.193 e. The molecule has 1 aromatic heterocycles. The van der Waals surface area contributed by atoms with E-state index in [0.29, 0.717) is 0 Å². The molecule has 0 aromatic carbocycles. The van der Waals surface area contributed by atoms with Crippen LogP contribution in [-0.4, -0.2) is 46.6 Å². The summed E-state index contributed by atoms with van der Waals surface area (Å²) in [5.74, 6) is 2.89. The Morgan fingerprint density at radius 1 is 1.52 bits per heavy atom. The minimum atomic E-state index is 0. The number of piperidine rings is 1. The molecule has 0 spiro atoms. The van der Waals surface area contributed by atoms with Crippen molar-refractivity contribution in [2.75, 3.05) is 26.2 Å². The minimum absolute atomic E-state index is 0. The molecule has 1 unspecified atom stereocenters. The summed E-state index contributed by atoms with van der Waals surface area (Å²) in [5.41, 5.74) is 0. The molecule has 1 saturated heterocycles. The average Bonchev–Trinajstić information content (AvgIpc) is 2.83. The molecule has 1 aromatic rings. The molecule has 2 rings (SSSR count). The fraction of sp³-hybridized carbons (Fsp3) is 0.733. The first kappa shape index (κ1) is 18.3. The summed E-state index contributed by atoms with van der Waals surface area (Å²) in [6.07, 6.45) is 6.47. The van der Waals surface area contributed by atoms with Crippen LogP contribution in [0.3, 0.4) is 0 Å². The van der Waals surface area contributed by atoms with Gasteiger partial charge in [0.05, 0.1) is 6.54 Å². The van der Waals surface area contributed by atoms with E-state index in [0.717, 1.165) is 50.4 Å². The lowest BCUT2D eigenvalue weighted by molar-refractivity contribution is 0.266. The molecule has 0 aliphatic carbocycles. The highest BCUT2D eigenvalue weighted by molar-refractivity contribution is 14.0. The van der Waals surface area contributed by atoms with Crippen LogP contribution in [0.5, 0.6) is 0 Å². The van der Waals surface area contributed by atoms with Gasteiger partial charge in [-0.1, -0.05) is 6.92 Å². The summed E-state index contributed by atoms with van der Waals surface area (Å²) in [6.45, 7) is 11.3. The fourth-order valence-electron chi connectivity index (χ4n) is 2.71. The Morgan fingerprint density at radius 2 is 2.33 bits per heavy atom. The van der Waals surface area contributed by atoms with E-state index in [1.807, 2.05) is 19.3 Å². The Morgan fingerprint density at radius 3 is 2.95 bits per heavy atom. The quantitative estimate of drug-likeness (QED) is 0.476. The highest BCUT2D eigenvalue weighted by Gasteiger charge is 2.18. The molecule has 1 aliphatic rings. The molecule has 0 amide bonds. The SMILES string of the molecule is CCNC(=NCCn1ccnc1C)N1CCCC(C)C1.I. The van der Waals surface area contributed by atoms with E-state index in [-0.39, 0.29) is 24.0 Å². The van der Waals surface area contributed by atoms with E-state index in [1.54, 1.807) is 0 Å². The number of nitrogens with zero attached hydrogens (tertiary/aromatic N) is 4. The van der Waals surface area contributed by atoms with Crippen LogP contribution >= 0.6 is 24.0 Å². The van der Waals surface area contributed by atoms with Crippen molar-refractivity contribution >= 4 is 29.9 Å². The van der Waals surface area contributed by atoms with E-state index in [1.165, 1.54) is 12.8 Å². The Kier molecular flexibility index (Phi) is 8.06. The average molecular weight is 405 g/mol. The number of likely N-dealkylation sites (tertiary alicyclic amines) is 1. The van der Waals surface area contributed by atoms with Gasteiger partial charge < -0.3 is 14.8 Å². The number of imidazole rings is 1. The van der Waals surface area contributed by atoms with Crippen molar-refractivity contribution in [1.82, 2.24) is 19.8 Å². The van der Waals surface area contributed by atoms with Gasteiger partial charge in [0.15, 0.2) is 5.96 Å². The lowest BCUT2D eigenvalue weighted by Crippen LogP contribution is -2.46. The standard InChI is InChI=1S/C15H27N5.HI/c1-4-16-15(20-9-5-6-13(2)12-20)18-8-11-19-10-7-17-14(19)3;/h7,10,13H,4-6,8-9,11-12H2,1-3H3,(H,16,18);1H. The molecule has 5 nitrogen and oxygen atoms in total. The number of nitrogens with one attached hydrogen (secondary N) is 1. The van der Waals surface area contributed by atoms with E-state index in [2.05, 4.69) is 33.6 Å².